The molecule has 0 aromatic heterocycles. The highest BCUT2D eigenvalue weighted by Crippen LogP contribution is 2.36. The highest BCUT2D eigenvalue weighted by molar-refractivity contribution is 5.75. The van der Waals surface area contributed by atoms with E-state index in [1.54, 1.807) is 0 Å². The summed E-state index contributed by atoms with van der Waals surface area (Å²) in [5, 5.41) is 17.4. The van der Waals surface area contributed by atoms with E-state index in [0.717, 1.165) is 0 Å². The number of carboxylic acids is 1. The van der Waals surface area contributed by atoms with Gasteiger partial charge in [-0.3, -0.25) is 0 Å². The van der Waals surface area contributed by atoms with Crippen LogP contribution in [0.1, 0.15) is 17.2 Å². The fourth-order valence-corrected chi connectivity index (χ4v) is 1.47. The number of aliphatic carboxylic acids is 1. The van der Waals surface area contributed by atoms with Gasteiger partial charge in [-0.2, -0.15) is 13.2 Å². The SMILES string of the molecule is O=C(O)C(OCCO)c1ccc(F)cc1C(F)(F)F. The molecule has 1 atom stereocenters. The smallest absolute Gasteiger partial charge is 0.416 e. The first-order valence-electron chi connectivity index (χ1n) is 5.09. The molecule has 0 bridgehead atoms. The van der Waals surface area contributed by atoms with Crippen molar-refractivity contribution in [3.8, 4) is 0 Å². The molecular weight excluding hydrogens is 272 g/mol. The zero-order valence-electron chi connectivity index (χ0n) is 9.45. The van der Waals surface area contributed by atoms with E-state index < -0.39 is 48.4 Å². The van der Waals surface area contributed by atoms with Crippen molar-refractivity contribution in [1.82, 2.24) is 0 Å². The van der Waals surface area contributed by atoms with Crippen LogP contribution in [0.25, 0.3) is 0 Å². The molecular formula is C11H10F4O4. The van der Waals surface area contributed by atoms with Crippen molar-refractivity contribution in [2.75, 3.05) is 13.2 Å². The Morgan fingerprint density at radius 1 is 1.37 bits per heavy atom. The number of aliphatic hydroxyl groups excluding tert-OH is 1. The second kappa shape index (κ2) is 5.98. The molecule has 4 nitrogen and oxygen atoms in total. The highest BCUT2D eigenvalue weighted by Gasteiger charge is 2.37. The van der Waals surface area contributed by atoms with Crippen LogP contribution in [0, 0.1) is 5.82 Å². The van der Waals surface area contributed by atoms with Crippen molar-refractivity contribution >= 4 is 5.97 Å². The van der Waals surface area contributed by atoms with Gasteiger partial charge in [-0.1, -0.05) is 6.07 Å². The molecule has 0 spiro atoms. The van der Waals surface area contributed by atoms with Crippen molar-refractivity contribution in [3.63, 3.8) is 0 Å². The molecule has 0 aliphatic heterocycles. The molecule has 0 amide bonds. The minimum absolute atomic E-state index is 0.202. The number of ether oxygens (including phenoxy) is 1. The molecule has 0 fully saturated rings. The number of hydrogen-bond donors (Lipinski definition) is 2. The molecule has 8 heteroatoms. The molecule has 19 heavy (non-hydrogen) atoms. The van der Waals surface area contributed by atoms with Gasteiger partial charge in [-0.15, -0.1) is 0 Å². The first-order chi connectivity index (χ1) is 8.77. The molecule has 1 rings (SSSR count). The summed E-state index contributed by atoms with van der Waals surface area (Å²) in [7, 11) is 0. The molecule has 0 radical (unpaired) electrons. The predicted octanol–water partition coefficient (Wildman–Crippen LogP) is 1.98. The lowest BCUT2D eigenvalue weighted by molar-refractivity contribution is -0.153. The fraction of sp³-hybridized carbons (Fsp3) is 0.364. The Bertz CT molecular complexity index is 458. The Balaban J connectivity index is 3.26. The maximum absolute atomic E-state index is 12.9. The van der Waals surface area contributed by atoms with E-state index in [2.05, 4.69) is 4.74 Å². The van der Waals surface area contributed by atoms with Crippen LogP contribution in [0.5, 0.6) is 0 Å². The number of rotatable bonds is 5. The minimum Gasteiger partial charge on any atom is -0.479 e. The van der Waals surface area contributed by atoms with E-state index in [0.29, 0.717) is 12.1 Å². The second-order valence-corrected chi connectivity index (χ2v) is 3.54. The normalized spacial score (nSPS) is 13.3. The molecule has 0 aliphatic rings. The van der Waals surface area contributed by atoms with Crippen LogP contribution in [0.2, 0.25) is 0 Å². The third-order valence-electron chi connectivity index (χ3n) is 2.20. The molecule has 1 aromatic rings. The summed E-state index contributed by atoms with van der Waals surface area (Å²) in [5.74, 6) is -2.80. The number of aliphatic hydroxyl groups is 1. The molecule has 2 N–H and O–H groups in total. The van der Waals surface area contributed by atoms with E-state index in [4.69, 9.17) is 10.2 Å². The van der Waals surface area contributed by atoms with Gasteiger partial charge in [0.15, 0.2) is 6.10 Å². The first-order valence-corrected chi connectivity index (χ1v) is 5.09. The Morgan fingerprint density at radius 2 is 2.00 bits per heavy atom. The third-order valence-corrected chi connectivity index (χ3v) is 2.20. The minimum atomic E-state index is -4.91. The number of benzene rings is 1. The van der Waals surface area contributed by atoms with Gasteiger partial charge in [-0.25, -0.2) is 9.18 Å². The lowest BCUT2D eigenvalue weighted by Gasteiger charge is -2.18. The van der Waals surface area contributed by atoms with Crippen molar-refractivity contribution in [2.45, 2.75) is 12.3 Å². The molecule has 0 saturated heterocycles. The average Bonchev–Trinajstić information content (AvgIpc) is 2.29. The van der Waals surface area contributed by atoms with Crippen LogP contribution in [-0.2, 0) is 15.7 Å². The maximum Gasteiger partial charge on any atom is 0.416 e. The Kier molecular flexibility index (Phi) is 4.84. The van der Waals surface area contributed by atoms with Gasteiger partial charge in [-0.05, 0) is 12.1 Å². The summed E-state index contributed by atoms with van der Waals surface area (Å²) < 4.78 is 55.6. The fourth-order valence-electron chi connectivity index (χ4n) is 1.47. The summed E-state index contributed by atoms with van der Waals surface area (Å²) in [5.41, 5.74) is -2.13. The summed E-state index contributed by atoms with van der Waals surface area (Å²) in [6, 6.07) is 1.62. The molecule has 0 saturated carbocycles. The number of carbonyl (C=O) groups is 1. The topological polar surface area (TPSA) is 66.8 Å². The van der Waals surface area contributed by atoms with Crippen LogP contribution in [-0.4, -0.2) is 29.4 Å². The van der Waals surface area contributed by atoms with Gasteiger partial charge in [0.25, 0.3) is 0 Å². The van der Waals surface area contributed by atoms with Gasteiger partial charge >= 0.3 is 12.1 Å². The van der Waals surface area contributed by atoms with E-state index in [9.17, 15) is 22.4 Å². The van der Waals surface area contributed by atoms with Crippen LogP contribution < -0.4 is 0 Å². The maximum atomic E-state index is 12.9. The number of halogens is 4. The van der Waals surface area contributed by atoms with Crippen molar-refractivity contribution in [2.24, 2.45) is 0 Å². The molecule has 1 aromatic carbocycles. The van der Waals surface area contributed by atoms with Gasteiger partial charge < -0.3 is 14.9 Å². The monoisotopic (exact) mass is 282 g/mol. The Hall–Kier alpha value is -1.67. The van der Waals surface area contributed by atoms with Crippen molar-refractivity contribution < 1.29 is 37.3 Å². The summed E-state index contributed by atoms with van der Waals surface area (Å²) in [6.45, 7) is -1.00. The van der Waals surface area contributed by atoms with Gasteiger partial charge in [0.2, 0.25) is 0 Å². The lowest BCUT2D eigenvalue weighted by Crippen LogP contribution is -2.21. The van der Waals surface area contributed by atoms with Gasteiger partial charge in [0, 0.05) is 5.56 Å². The van der Waals surface area contributed by atoms with Gasteiger partial charge in [0.05, 0.1) is 18.8 Å². The second-order valence-electron chi connectivity index (χ2n) is 3.54. The van der Waals surface area contributed by atoms with Gasteiger partial charge in [0.1, 0.15) is 5.82 Å². The summed E-state index contributed by atoms with van der Waals surface area (Å²) in [6.07, 6.45) is -6.84. The number of alkyl halides is 3. The molecule has 106 valence electrons. The van der Waals surface area contributed by atoms with Crippen LogP contribution >= 0.6 is 0 Å². The molecule has 0 heterocycles. The highest BCUT2D eigenvalue weighted by atomic mass is 19.4. The standard InChI is InChI=1S/C11H10F4O4/c12-6-1-2-7(8(5-6)11(13,14)15)9(10(17)18)19-4-3-16/h1-2,5,9,16H,3-4H2,(H,17,18). The Labute approximate surface area is 105 Å². The van der Waals surface area contributed by atoms with Crippen LogP contribution in [0.15, 0.2) is 18.2 Å². The Morgan fingerprint density at radius 3 is 2.47 bits per heavy atom. The zero-order chi connectivity index (χ0) is 14.6. The first kappa shape index (κ1) is 15.4. The molecule has 0 aliphatic carbocycles. The largest absolute Gasteiger partial charge is 0.479 e. The van der Waals surface area contributed by atoms with Crippen LogP contribution in [0.4, 0.5) is 17.6 Å². The van der Waals surface area contributed by atoms with E-state index in [-0.39, 0.29) is 6.07 Å². The van der Waals surface area contributed by atoms with E-state index in [1.165, 1.54) is 0 Å². The number of carboxylic acid groups (broad SMARTS) is 1. The third kappa shape index (κ3) is 3.90. The number of hydrogen-bond acceptors (Lipinski definition) is 3. The predicted molar refractivity (Wildman–Crippen MR) is 54.8 cm³/mol. The van der Waals surface area contributed by atoms with Crippen molar-refractivity contribution in [3.05, 3.63) is 35.1 Å². The van der Waals surface area contributed by atoms with Crippen LogP contribution in [0.3, 0.4) is 0 Å². The van der Waals surface area contributed by atoms with E-state index >= 15 is 0 Å². The zero-order valence-corrected chi connectivity index (χ0v) is 9.45. The summed E-state index contributed by atoms with van der Waals surface area (Å²) in [4.78, 5) is 10.9. The molecule has 1 unspecified atom stereocenters. The quantitative estimate of drug-likeness (QED) is 0.810. The summed E-state index contributed by atoms with van der Waals surface area (Å²) >= 11 is 0. The average molecular weight is 282 g/mol. The van der Waals surface area contributed by atoms with E-state index in [1.807, 2.05) is 0 Å². The van der Waals surface area contributed by atoms with Crippen molar-refractivity contribution in [1.29, 1.82) is 0 Å². The lowest BCUT2D eigenvalue weighted by atomic mass is 10.0.